The molecule has 144 valence electrons. The second kappa shape index (κ2) is 5.50. The van der Waals surface area contributed by atoms with Crippen LogP contribution in [0.4, 0.5) is 0 Å². The molecule has 1 atom stereocenters. The molecule has 2 heterocycles. The molecule has 0 fully saturated rings. The number of ether oxygens (including phenoxy) is 2. The Bertz CT molecular complexity index is 1040. The van der Waals surface area contributed by atoms with Crippen molar-refractivity contribution in [1.29, 1.82) is 0 Å². The Balaban J connectivity index is 1.67. The summed E-state index contributed by atoms with van der Waals surface area (Å²) >= 11 is 0. The molecule has 1 amide bonds. The lowest BCUT2D eigenvalue weighted by Crippen LogP contribution is -2.46. The number of rotatable bonds is 1. The molecule has 6 nitrogen and oxygen atoms in total. The monoisotopic (exact) mass is 377 g/mol. The summed E-state index contributed by atoms with van der Waals surface area (Å²) in [6.07, 6.45) is 1.54. The van der Waals surface area contributed by atoms with E-state index in [1.165, 1.54) is 4.90 Å². The molecule has 2 aromatic rings. The second-order valence-corrected chi connectivity index (χ2v) is 8.65. The number of carbonyl (C=O) groups is 1. The van der Waals surface area contributed by atoms with E-state index in [1.54, 1.807) is 7.05 Å². The predicted molar refractivity (Wildman–Crippen MR) is 106 cm³/mol. The first-order chi connectivity index (χ1) is 13.3. The number of benzene rings is 2. The minimum absolute atomic E-state index is 0.0438. The Hall–Kier alpha value is -3.02. The van der Waals surface area contributed by atoms with E-state index < -0.39 is 5.54 Å². The van der Waals surface area contributed by atoms with Crippen LogP contribution in [0.1, 0.15) is 31.4 Å². The van der Waals surface area contributed by atoms with Gasteiger partial charge in [-0.3, -0.25) is 9.69 Å². The van der Waals surface area contributed by atoms with Crippen LogP contribution in [0.5, 0.6) is 11.5 Å². The summed E-state index contributed by atoms with van der Waals surface area (Å²) in [4.78, 5) is 19.4. The van der Waals surface area contributed by atoms with E-state index in [0.29, 0.717) is 6.42 Å². The molecule has 2 N–H and O–H groups in total. The summed E-state index contributed by atoms with van der Waals surface area (Å²) in [5, 5.41) is 0. The lowest BCUT2D eigenvalue weighted by atomic mass is 9.65. The third-order valence-electron chi connectivity index (χ3n) is 5.97. The van der Waals surface area contributed by atoms with E-state index in [2.05, 4.69) is 32.0 Å². The minimum Gasteiger partial charge on any atom is -0.454 e. The fraction of sp³-hybridized carbons (Fsp3) is 0.364. The topological polar surface area (TPSA) is 77.2 Å². The van der Waals surface area contributed by atoms with E-state index in [0.717, 1.165) is 40.2 Å². The summed E-state index contributed by atoms with van der Waals surface area (Å²) in [5.41, 5.74) is 9.22. The standard InChI is InChI=1S/C22H23N3O3/c1-21(2)10-15-5-4-13(14-6-7-17-18(9-14)28-12-27-17)8-16(15)22(11-21)19(26)25(3)20(23)24-22/h4-9H,10-12H2,1-3H3,(H2,23,24). The smallest absolute Gasteiger partial charge is 0.261 e. The van der Waals surface area contributed by atoms with Crippen molar-refractivity contribution >= 4 is 11.9 Å². The van der Waals surface area contributed by atoms with E-state index in [-0.39, 0.29) is 24.1 Å². The highest BCUT2D eigenvalue weighted by atomic mass is 16.7. The zero-order chi connectivity index (χ0) is 19.7. The first-order valence-corrected chi connectivity index (χ1v) is 9.46. The highest BCUT2D eigenvalue weighted by Crippen LogP contribution is 2.50. The molecule has 3 aliphatic rings. The van der Waals surface area contributed by atoms with Gasteiger partial charge in [-0.1, -0.05) is 32.0 Å². The van der Waals surface area contributed by atoms with Gasteiger partial charge in [0, 0.05) is 7.05 Å². The highest BCUT2D eigenvalue weighted by molar-refractivity contribution is 6.07. The van der Waals surface area contributed by atoms with Gasteiger partial charge in [0.05, 0.1) is 0 Å². The summed E-state index contributed by atoms with van der Waals surface area (Å²) < 4.78 is 10.9. The van der Waals surface area contributed by atoms with Gasteiger partial charge in [0.15, 0.2) is 23.0 Å². The van der Waals surface area contributed by atoms with Crippen molar-refractivity contribution in [2.24, 2.45) is 16.1 Å². The third kappa shape index (κ3) is 2.33. The molecular weight excluding hydrogens is 354 g/mol. The SMILES string of the molecule is CN1C(=O)C2(CC(C)(C)Cc3ccc(-c4ccc5c(c4)OCO5)cc32)N=C1N. The van der Waals surface area contributed by atoms with Gasteiger partial charge in [0.25, 0.3) is 5.91 Å². The zero-order valence-electron chi connectivity index (χ0n) is 16.3. The lowest BCUT2D eigenvalue weighted by molar-refractivity contribution is -0.132. The van der Waals surface area contributed by atoms with Crippen LogP contribution in [0.25, 0.3) is 11.1 Å². The number of amides is 1. The van der Waals surface area contributed by atoms with Crippen molar-refractivity contribution in [2.45, 2.75) is 32.2 Å². The summed E-state index contributed by atoms with van der Waals surface area (Å²) in [7, 11) is 1.69. The average Bonchev–Trinajstić information content (AvgIpc) is 3.20. The van der Waals surface area contributed by atoms with Crippen molar-refractivity contribution in [3.05, 3.63) is 47.5 Å². The Kier molecular flexibility index (Phi) is 3.36. The first-order valence-electron chi connectivity index (χ1n) is 9.46. The molecule has 0 bridgehead atoms. The molecule has 0 saturated heterocycles. The van der Waals surface area contributed by atoms with Crippen molar-refractivity contribution in [1.82, 2.24) is 4.90 Å². The fourth-order valence-electron chi connectivity index (χ4n) is 4.73. The molecular formula is C22H23N3O3. The van der Waals surface area contributed by atoms with Gasteiger partial charge < -0.3 is 15.2 Å². The highest BCUT2D eigenvalue weighted by Gasteiger charge is 2.54. The molecule has 5 rings (SSSR count). The molecule has 0 saturated carbocycles. The molecule has 1 unspecified atom stereocenters. The maximum atomic E-state index is 13.2. The van der Waals surface area contributed by atoms with Crippen LogP contribution in [0, 0.1) is 5.41 Å². The van der Waals surface area contributed by atoms with E-state index in [9.17, 15) is 4.79 Å². The van der Waals surface area contributed by atoms with Crippen LogP contribution in [-0.4, -0.2) is 30.6 Å². The number of nitrogens with two attached hydrogens (primary N) is 1. The normalized spacial score (nSPS) is 24.5. The van der Waals surface area contributed by atoms with Gasteiger partial charge in [0.2, 0.25) is 6.79 Å². The Morgan fingerprint density at radius 1 is 1.07 bits per heavy atom. The van der Waals surface area contributed by atoms with Crippen LogP contribution >= 0.6 is 0 Å². The summed E-state index contributed by atoms with van der Waals surface area (Å²) in [5.74, 6) is 1.72. The second-order valence-electron chi connectivity index (χ2n) is 8.65. The molecule has 2 aliphatic heterocycles. The van der Waals surface area contributed by atoms with E-state index in [4.69, 9.17) is 20.2 Å². The van der Waals surface area contributed by atoms with Crippen molar-refractivity contribution in [3.63, 3.8) is 0 Å². The largest absolute Gasteiger partial charge is 0.454 e. The van der Waals surface area contributed by atoms with Gasteiger partial charge in [-0.2, -0.15) is 0 Å². The number of nitrogens with zero attached hydrogens (tertiary/aromatic N) is 2. The van der Waals surface area contributed by atoms with Gasteiger partial charge >= 0.3 is 0 Å². The number of hydrogen-bond donors (Lipinski definition) is 1. The molecule has 0 aromatic heterocycles. The molecule has 1 spiro atoms. The predicted octanol–water partition coefficient (Wildman–Crippen LogP) is 3.04. The van der Waals surface area contributed by atoms with Crippen molar-refractivity contribution in [3.8, 4) is 22.6 Å². The number of carbonyl (C=O) groups excluding carboxylic acids is 1. The van der Waals surface area contributed by atoms with Crippen LogP contribution in [-0.2, 0) is 16.8 Å². The lowest BCUT2D eigenvalue weighted by Gasteiger charge is -2.41. The Morgan fingerprint density at radius 2 is 1.79 bits per heavy atom. The maximum absolute atomic E-state index is 13.2. The number of guanidine groups is 1. The number of likely N-dealkylation sites (N-methyl/N-ethyl adjacent to an activating group) is 1. The van der Waals surface area contributed by atoms with Crippen molar-refractivity contribution < 1.29 is 14.3 Å². The van der Waals surface area contributed by atoms with Gasteiger partial charge in [-0.05, 0) is 58.7 Å². The molecule has 1 aliphatic carbocycles. The summed E-state index contributed by atoms with van der Waals surface area (Å²) in [6.45, 7) is 4.61. The number of fused-ring (bicyclic) bond motifs is 3. The van der Waals surface area contributed by atoms with E-state index in [1.807, 2.05) is 18.2 Å². The number of aliphatic imine (C=N–C) groups is 1. The van der Waals surface area contributed by atoms with Gasteiger partial charge in [-0.15, -0.1) is 0 Å². The molecule has 28 heavy (non-hydrogen) atoms. The Morgan fingerprint density at radius 3 is 2.54 bits per heavy atom. The van der Waals surface area contributed by atoms with Crippen LogP contribution in [0.2, 0.25) is 0 Å². The molecule has 0 radical (unpaired) electrons. The van der Waals surface area contributed by atoms with E-state index >= 15 is 0 Å². The van der Waals surface area contributed by atoms with Gasteiger partial charge in [-0.25, -0.2) is 4.99 Å². The van der Waals surface area contributed by atoms with Crippen LogP contribution < -0.4 is 15.2 Å². The first kappa shape index (κ1) is 17.1. The number of hydrogen-bond acceptors (Lipinski definition) is 5. The van der Waals surface area contributed by atoms with Crippen LogP contribution in [0.15, 0.2) is 41.4 Å². The fourth-order valence-corrected chi connectivity index (χ4v) is 4.73. The quantitative estimate of drug-likeness (QED) is 0.829. The maximum Gasteiger partial charge on any atom is 0.261 e. The summed E-state index contributed by atoms with van der Waals surface area (Å²) in [6, 6.07) is 12.2. The van der Waals surface area contributed by atoms with Crippen molar-refractivity contribution in [2.75, 3.05) is 13.8 Å². The zero-order valence-corrected chi connectivity index (χ0v) is 16.3. The molecule has 2 aromatic carbocycles. The third-order valence-corrected chi connectivity index (χ3v) is 5.97. The Labute approximate surface area is 164 Å². The minimum atomic E-state index is -0.942. The van der Waals surface area contributed by atoms with Gasteiger partial charge in [0.1, 0.15) is 0 Å². The van der Waals surface area contributed by atoms with Crippen LogP contribution in [0.3, 0.4) is 0 Å². The average molecular weight is 377 g/mol. The molecule has 6 heteroatoms.